The standard InChI is InChI=1S/C11H17N3O/c1-3-4-5-6-14(2)11-8-12-10(9-15)7-13-11/h3,7-8,15H,1,4-6,9H2,2H3. The van der Waals surface area contributed by atoms with Crippen molar-refractivity contribution in [3.63, 3.8) is 0 Å². The molecule has 15 heavy (non-hydrogen) atoms. The van der Waals surface area contributed by atoms with E-state index < -0.39 is 0 Å². The number of nitrogens with zero attached hydrogens (tertiary/aromatic N) is 3. The Morgan fingerprint density at radius 1 is 1.47 bits per heavy atom. The maximum absolute atomic E-state index is 8.81. The monoisotopic (exact) mass is 207 g/mol. The van der Waals surface area contributed by atoms with Crippen molar-refractivity contribution in [3.05, 3.63) is 30.7 Å². The summed E-state index contributed by atoms with van der Waals surface area (Å²) in [5.41, 5.74) is 0.596. The van der Waals surface area contributed by atoms with Crippen molar-refractivity contribution in [2.75, 3.05) is 18.5 Å². The number of rotatable bonds is 6. The molecule has 1 aromatic rings. The van der Waals surface area contributed by atoms with Gasteiger partial charge in [-0.25, -0.2) is 4.98 Å². The second-order valence-corrected chi connectivity index (χ2v) is 3.38. The number of hydrogen-bond acceptors (Lipinski definition) is 4. The van der Waals surface area contributed by atoms with Gasteiger partial charge in [0.15, 0.2) is 0 Å². The molecule has 0 atom stereocenters. The van der Waals surface area contributed by atoms with E-state index in [1.165, 1.54) is 0 Å². The lowest BCUT2D eigenvalue weighted by atomic mass is 10.3. The van der Waals surface area contributed by atoms with Crippen LogP contribution in [0.3, 0.4) is 0 Å². The molecule has 0 aliphatic carbocycles. The lowest BCUT2D eigenvalue weighted by Gasteiger charge is -2.17. The summed E-state index contributed by atoms with van der Waals surface area (Å²) in [4.78, 5) is 10.3. The molecular formula is C11H17N3O. The van der Waals surface area contributed by atoms with E-state index in [1.54, 1.807) is 12.4 Å². The van der Waals surface area contributed by atoms with Gasteiger partial charge >= 0.3 is 0 Å². The molecule has 0 aliphatic heterocycles. The molecule has 0 bridgehead atoms. The molecule has 0 spiro atoms. The molecule has 0 radical (unpaired) electrons. The van der Waals surface area contributed by atoms with E-state index in [2.05, 4.69) is 16.5 Å². The van der Waals surface area contributed by atoms with Gasteiger partial charge in [0.2, 0.25) is 0 Å². The fraction of sp³-hybridized carbons (Fsp3) is 0.455. The number of unbranched alkanes of at least 4 members (excludes halogenated alkanes) is 1. The Labute approximate surface area is 90.3 Å². The number of allylic oxidation sites excluding steroid dienone is 1. The molecule has 0 amide bonds. The van der Waals surface area contributed by atoms with Crippen LogP contribution < -0.4 is 4.90 Å². The van der Waals surface area contributed by atoms with Gasteiger partial charge in [-0.2, -0.15) is 0 Å². The van der Waals surface area contributed by atoms with Crippen molar-refractivity contribution in [3.8, 4) is 0 Å². The molecule has 0 aliphatic rings. The third-order valence-corrected chi connectivity index (χ3v) is 2.15. The minimum absolute atomic E-state index is 0.0620. The second kappa shape index (κ2) is 6.14. The lowest BCUT2D eigenvalue weighted by Crippen LogP contribution is -2.19. The summed E-state index contributed by atoms with van der Waals surface area (Å²) in [5.74, 6) is 0.830. The average molecular weight is 207 g/mol. The topological polar surface area (TPSA) is 49.2 Å². The Kier molecular flexibility index (Phi) is 4.77. The Morgan fingerprint density at radius 2 is 2.27 bits per heavy atom. The summed E-state index contributed by atoms with van der Waals surface area (Å²) < 4.78 is 0. The quantitative estimate of drug-likeness (QED) is 0.565. The molecule has 1 aromatic heterocycles. The number of anilines is 1. The first-order chi connectivity index (χ1) is 7.27. The van der Waals surface area contributed by atoms with E-state index in [4.69, 9.17) is 5.11 Å². The van der Waals surface area contributed by atoms with Crippen molar-refractivity contribution in [2.24, 2.45) is 0 Å². The van der Waals surface area contributed by atoms with Crippen LogP contribution in [0.1, 0.15) is 18.5 Å². The van der Waals surface area contributed by atoms with Gasteiger partial charge in [-0.1, -0.05) is 6.08 Å². The zero-order valence-electron chi connectivity index (χ0n) is 9.06. The van der Waals surface area contributed by atoms with Crippen LogP contribution in [0.5, 0.6) is 0 Å². The molecule has 0 saturated carbocycles. The molecule has 1 rings (SSSR count). The highest BCUT2D eigenvalue weighted by Gasteiger charge is 2.02. The number of aliphatic hydroxyl groups is 1. The predicted molar refractivity (Wildman–Crippen MR) is 60.7 cm³/mol. The Bertz CT molecular complexity index is 297. The average Bonchev–Trinajstić information content (AvgIpc) is 2.29. The molecule has 0 fully saturated rings. The Balaban J connectivity index is 2.50. The van der Waals surface area contributed by atoms with Crippen LogP contribution in [0, 0.1) is 0 Å². The van der Waals surface area contributed by atoms with E-state index in [-0.39, 0.29) is 6.61 Å². The molecular weight excluding hydrogens is 190 g/mol. The summed E-state index contributed by atoms with van der Waals surface area (Å²) >= 11 is 0. The maximum Gasteiger partial charge on any atom is 0.146 e. The first-order valence-electron chi connectivity index (χ1n) is 5.01. The Hall–Kier alpha value is -1.42. The van der Waals surface area contributed by atoms with Crippen molar-refractivity contribution in [2.45, 2.75) is 19.4 Å². The van der Waals surface area contributed by atoms with Crippen LogP contribution in [-0.2, 0) is 6.61 Å². The van der Waals surface area contributed by atoms with Gasteiger partial charge < -0.3 is 10.0 Å². The van der Waals surface area contributed by atoms with Crippen molar-refractivity contribution in [1.29, 1.82) is 0 Å². The SMILES string of the molecule is C=CCCCN(C)c1cnc(CO)cn1. The van der Waals surface area contributed by atoms with Crippen LogP contribution in [0.4, 0.5) is 5.82 Å². The molecule has 1 heterocycles. The largest absolute Gasteiger partial charge is 0.390 e. The summed E-state index contributed by atoms with van der Waals surface area (Å²) in [5, 5.41) is 8.81. The third-order valence-electron chi connectivity index (χ3n) is 2.15. The smallest absolute Gasteiger partial charge is 0.146 e. The van der Waals surface area contributed by atoms with E-state index in [1.807, 2.05) is 18.0 Å². The minimum Gasteiger partial charge on any atom is -0.390 e. The van der Waals surface area contributed by atoms with Gasteiger partial charge in [0.25, 0.3) is 0 Å². The molecule has 4 nitrogen and oxygen atoms in total. The van der Waals surface area contributed by atoms with E-state index >= 15 is 0 Å². The molecule has 0 unspecified atom stereocenters. The molecule has 4 heteroatoms. The number of aromatic nitrogens is 2. The van der Waals surface area contributed by atoms with Gasteiger partial charge in [-0.15, -0.1) is 6.58 Å². The van der Waals surface area contributed by atoms with Crippen LogP contribution >= 0.6 is 0 Å². The van der Waals surface area contributed by atoms with Crippen molar-refractivity contribution in [1.82, 2.24) is 9.97 Å². The maximum atomic E-state index is 8.81. The van der Waals surface area contributed by atoms with Gasteiger partial charge in [0.05, 0.1) is 24.7 Å². The molecule has 0 aromatic carbocycles. The fourth-order valence-corrected chi connectivity index (χ4v) is 1.21. The minimum atomic E-state index is -0.0620. The first-order valence-corrected chi connectivity index (χ1v) is 5.01. The van der Waals surface area contributed by atoms with E-state index in [0.29, 0.717) is 5.69 Å². The van der Waals surface area contributed by atoms with Crippen LogP contribution in [0.25, 0.3) is 0 Å². The van der Waals surface area contributed by atoms with Crippen molar-refractivity contribution >= 4 is 5.82 Å². The summed E-state index contributed by atoms with van der Waals surface area (Å²) in [6.07, 6.45) is 7.25. The van der Waals surface area contributed by atoms with Gasteiger partial charge in [-0.05, 0) is 12.8 Å². The molecule has 1 N–H and O–H groups in total. The first kappa shape index (κ1) is 11.7. The number of hydrogen-bond donors (Lipinski definition) is 1. The zero-order valence-corrected chi connectivity index (χ0v) is 9.06. The zero-order chi connectivity index (χ0) is 11.1. The number of aliphatic hydroxyl groups excluding tert-OH is 1. The molecule has 0 saturated heterocycles. The van der Waals surface area contributed by atoms with E-state index in [0.717, 1.165) is 25.2 Å². The van der Waals surface area contributed by atoms with Gasteiger partial charge in [0, 0.05) is 13.6 Å². The van der Waals surface area contributed by atoms with E-state index in [9.17, 15) is 0 Å². The van der Waals surface area contributed by atoms with Crippen LogP contribution in [0.2, 0.25) is 0 Å². The Morgan fingerprint density at radius 3 is 2.80 bits per heavy atom. The lowest BCUT2D eigenvalue weighted by molar-refractivity contribution is 0.276. The highest BCUT2D eigenvalue weighted by atomic mass is 16.3. The van der Waals surface area contributed by atoms with Gasteiger partial charge in [0.1, 0.15) is 5.82 Å². The molecule has 82 valence electrons. The predicted octanol–water partition coefficient (Wildman–Crippen LogP) is 1.37. The van der Waals surface area contributed by atoms with Crippen molar-refractivity contribution < 1.29 is 5.11 Å². The second-order valence-electron chi connectivity index (χ2n) is 3.38. The third kappa shape index (κ3) is 3.67. The fourth-order valence-electron chi connectivity index (χ4n) is 1.21. The summed E-state index contributed by atoms with van der Waals surface area (Å²) in [6.45, 7) is 4.55. The highest BCUT2D eigenvalue weighted by molar-refractivity contribution is 5.34. The normalized spacial score (nSPS) is 10.0. The summed E-state index contributed by atoms with van der Waals surface area (Å²) in [7, 11) is 1.98. The van der Waals surface area contributed by atoms with Gasteiger partial charge in [-0.3, -0.25) is 4.98 Å². The van der Waals surface area contributed by atoms with Crippen LogP contribution in [0.15, 0.2) is 25.0 Å². The highest BCUT2D eigenvalue weighted by Crippen LogP contribution is 2.07. The van der Waals surface area contributed by atoms with Crippen LogP contribution in [-0.4, -0.2) is 28.7 Å². The summed E-state index contributed by atoms with van der Waals surface area (Å²) in [6, 6.07) is 0.